The van der Waals surface area contributed by atoms with Crippen LogP contribution in [0.25, 0.3) is 0 Å². The van der Waals surface area contributed by atoms with Crippen molar-refractivity contribution in [2.45, 2.75) is 39.3 Å². The van der Waals surface area contributed by atoms with Crippen molar-refractivity contribution in [2.24, 2.45) is 0 Å². The number of benzene rings is 2. The van der Waals surface area contributed by atoms with Gasteiger partial charge >= 0.3 is 0 Å². The van der Waals surface area contributed by atoms with E-state index < -0.39 is 0 Å². The monoisotopic (exact) mass is 289 g/mol. The van der Waals surface area contributed by atoms with Gasteiger partial charge in [-0.25, -0.2) is 8.78 Å². The van der Waals surface area contributed by atoms with E-state index in [2.05, 4.69) is 12.2 Å². The molecule has 0 fully saturated rings. The van der Waals surface area contributed by atoms with Crippen LogP contribution in [0.2, 0.25) is 0 Å². The van der Waals surface area contributed by atoms with Crippen molar-refractivity contribution in [3.05, 3.63) is 70.8 Å². The summed E-state index contributed by atoms with van der Waals surface area (Å²) in [4.78, 5) is 0. The van der Waals surface area contributed by atoms with Gasteiger partial charge < -0.3 is 5.32 Å². The molecule has 1 nitrogen and oxygen atoms in total. The summed E-state index contributed by atoms with van der Waals surface area (Å²) >= 11 is 0. The van der Waals surface area contributed by atoms with Gasteiger partial charge in [-0.3, -0.25) is 0 Å². The first kappa shape index (κ1) is 15.6. The lowest BCUT2D eigenvalue weighted by Crippen LogP contribution is -2.24. The highest BCUT2D eigenvalue weighted by Gasteiger charge is 2.14. The Hall–Kier alpha value is -1.74. The molecule has 3 heteroatoms. The van der Waals surface area contributed by atoms with Crippen LogP contribution >= 0.6 is 0 Å². The molecule has 2 aromatic carbocycles. The van der Waals surface area contributed by atoms with Gasteiger partial charge in [0.2, 0.25) is 0 Å². The summed E-state index contributed by atoms with van der Waals surface area (Å²) in [5, 5.41) is 3.48. The van der Waals surface area contributed by atoms with Gasteiger partial charge in [0.05, 0.1) is 0 Å². The van der Waals surface area contributed by atoms with Crippen molar-refractivity contribution in [1.29, 1.82) is 0 Å². The predicted octanol–water partition coefficient (Wildman–Crippen LogP) is 5.08. The van der Waals surface area contributed by atoms with E-state index in [0.29, 0.717) is 5.56 Å². The summed E-state index contributed by atoms with van der Waals surface area (Å²) in [6.07, 6.45) is 0.879. The lowest BCUT2D eigenvalue weighted by Gasteiger charge is -2.23. The molecule has 2 aromatic rings. The zero-order valence-electron chi connectivity index (χ0n) is 12.7. The van der Waals surface area contributed by atoms with Crippen LogP contribution in [-0.2, 0) is 0 Å². The van der Waals surface area contributed by atoms with Crippen molar-refractivity contribution in [3.63, 3.8) is 0 Å². The summed E-state index contributed by atoms with van der Waals surface area (Å²) < 4.78 is 26.7. The van der Waals surface area contributed by atoms with Crippen molar-refractivity contribution in [2.75, 3.05) is 0 Å². The van der Waals surface area contributed by atoms with Crippen molar-refractivity contribution in [1.82, 2.24) is 5.32 Å². The van der Waals surface area contributed by atoms with Gasteiger partial charge in [-0.2, -0.15) is 0 Å². The summed E-state index contributed by atoms with van der Waals surface area (Å²) in [6.45, 7) is 5.84. The van der Waals surface area contributed by atoms with Crippen LogP contribution in [-0.4, -0.2) is 0 Å². The molecular weight excluding hydrogens is 268 g/mol. The highest BCUT2D eigenvalue weighted by atomic mass is 19.1. The van der Waals surface area contributed by atoms with Gasteiger partial charge in [0.1, 0.15) is 11.6 Å². The van der Waals surface area contributed by atoms with Crippen LogP contribution < -0.4 is 5.32 Å². The van der Waals surface area contributed by atoms with E-state index in [0.717, 1.165) is 17.5 Å². The summed E-state index contributed by atoms with van der Waals surface area (Å²) in [7, 11) is 0. The molecule has 0 saturated carbocycles. The number of aryl methyl sites for hydroxylation is 1. The molecule has 0 saturated heterocycles. The molecule has 1 N–H and O–H groups in total. The summed E-state index contributed by atoms with van der Waals surface area (Å²) in [5.74, 6) is -0.418. The standard InChI is InChI=1S/C18H21F2N/c1-4-18(14-7-9-16(19)10-8-14)21-13(3)15-6-5-12(2)17(20)11-15/h5-11,13,18,21H,4H2,1-3H3. The molecule has 0 heterocycles. The molecule has 2 atom stereocenters. The van der Waals surface area contributed by atoms with Gasteiger partial charge in [0.15, 0.2) is 0 Å². The minimum Gasteiger partial charge on any atom is -0.303 e. The molecule has 112 valence electrons. The van der Waals surface area contributed by atoms with Gasteiger partial charge in [-0.15, -0.1) is 0 Å². The average molecular weight is 289 g/mol. The Morgan fingerprint density at radius 1 is 1.00 bits per heavy atom. The Bertz CT molecular complexity index is 593. The molecule has 0 bridgehead atoms. The molecule has 0 spiro atoms. The molecule has 0 aliphatic rings. The van der Waals surface area contributed by atoms with Crippen molar-refractivity contribution < 1.29 is 8.78 Å². The van der Waals surface area contributed by atoms with E-state index in [4.69, 9.17) is 0 Å². The Labute approximate surface area is 125 Å². The van der Waals surface area contributed by atoms with Crippen LogP contribution in [0.3, 0.4) is 0 Å². The molecule has 0 amide bonds. The average Bonchev–Trinajstić information content (AvgIpc) is 2.48. The third kappa shape index (κ3) is 3.88. The number of rotatable bonds is 5. The fourth-order valence-electron chi connectivity index (χ4n) is 2.42. The smallest absolute Gasteiger partial charge is 0.126 e. The quantitative estimate of drug-likeness (QED) is 0.809. The van der Waals surface area contributed by atoms with Crippen LogP contribution in [0.4, 0.5) is 8.78 Å². The van der Waals surface area contributed by atoms with E-state index in [-0.39, 0.29) is 23.7 Å². The van der Waals surface area contributed by atoms with Crippen LogP contribution in [0.15, 0.2) is 42.5 Å². The molecule has 0 aliphatic carbocycles. The first-order valence-electron chi connectivity index (χ1n) is 7.28. The van der Waals surface area contributed by atoms with Crippen molar-refractivity contribution in [3.8, 4) is 0 Å². The Morgan fingerprint density at radius 3 is 2.19 bits per heavy atom. The third-order valence-electron chi connectivity index (χ3n) is 3.83. The normalized spacial score (nSPS) is 14.0. The Kier molecular flexibility index (Phi) is 5.07. The molecule has 0 aromatic heterocycles. The maximum atomic E-state index is 13.7. The fourth-order valence-corrected chi connectivity index (χ4v) is 2.42. The zero-order chi connectivity index (χ0) is 15.4. The largest absolute Gasteiger partial charge is 0.303 e. The Morgan fingerprint density at radius 2 is 1.62 bits per heavy atom. The lowest BCUT2D eigenvalue weighted by atomic mass is 10.0. The molecule has 0 radical (unpaired) electrons. The maximum absolute atomic E-state index is 13.7. The van der Waals surface area contributed by atoms with Crippen molar-refractivity contribution >= 4 is 0 Å². The molecule has 2 unspecified atom stereocenters. The van der Waals surface area contributed by atoms with E-state index in [1.165, 1.54) is 12.1 Å². The topological polar surface area (TPSA) is 12.0 Å². The number of halogens is 2. The fraction of sp³-hybridized carbons (Fsp3) is 0.333. The Balaban J connectivity index is 2.13. The van der Waals surface area contributed by atoms with Gasteiger partial charge in [0, 0.05) is 12.1 Å². The second kappa shape index (κ2) is 6.81. The van der Waals surface area contributed by atoms with Crippen LogP contribution in [0.5, 0.6) is 0 Å². The van der Waals surface area contributed by atoms with Crippen LogP contribution in [0, 0.1) is 18.6 Å². The SMILES string of the molecule is CCC(NC(C)c1ccc(C)c(F)c1)c1ccc(F)cc1. The number of hydrogen-bond donors (Lipinski definition) is 1. The second-order valence-electron chi connectivity index (χ2n) is 5.41. The summed E-state index contributed by atoms with van der Waals surface area (Å²) in [6, 6.07) is 12.0. The number of hydrogen-bond acceptors (Lipinski definition) is 1. The van der Waals surface area contributed by atoms with E-state index in [1.54, 1.807) is 31.2 Å². The van der Waals surface area contributed by atoms with E-state index in [1.807, 2.05) is 13.0 Å². The van der Waals surface area contributed by atoms with E-state index >= 15 is 0 Å². The van der Waals surface area contributed by atoms with Gasteiger partial charge in [-0.05, 0) is 55.2 Å². The third-order valence-corrected chi connectivity index (χ3v) is 3.83. The van der Waals surface area contributed by atoms with Gasteiger partial charge in [-0.1, -0.05) is 31.2 Å². The molecular formula is C18H21F2N. The molecule has 2 rings (SSSR count). The minimum atomic E-state index is -0.234. The first-order chi connectivity index (χ1) is 10.0. The lowest BCUT2D eigenvalue weighted by molar-refractivity contribution is 0.454. The zero-order valence-corrected chi connectivity index (χ0v) is 12.7. The first-order valence-corrected chi connectivity index (χ1v) is 7.28. The molecule has 0 aliphatic heterocycles. The summed E-state index contributed by atoms with van der Waals surface area (Å²) in [5.41, 5.74) is 2.61. The second-order valence-corrected chi connectivity index (χ2v) is 5.41. The van der Waals surface area contributed by atoms with E-state index in [9.17, 15) is 8.78 Å². The maximum Gasteiger partial charge on any atom is 0.126 e. The molecule has 21 heavy (non-hydrogen) atoms. The highest BCUT2D eigenvalue weighted by Crippen LogP contribution is 2.23. The predicted molar refractivity (Wildman–Crippen MR) is 82.1 cm³/mol. The highest BCUT2D eigenvalue weighted by molar-refractivity contribution is 5.26. The number of nitrogens with one attached hydrogen (secondary N) is 1. The minimum absolute atomic E-state index is 0.0232. The van der Waals surface area contributed by atoms with Gasteiger partial charge in [0.25, 0.3) is 0 Å². The van der Waals surface area contributed by atoms with Crippen LogP contribution in [0.1, 0.15) is 49.0 Å².